The van der Waals surface area contributed by atoms with Gasteiger partial charge < -0.3 is 14.9 Å². The Morgan fingerprint density at radius 2 is 1.00 bits per heavy atom. The Kier molecular flexibility index (Phi) is 6.32. The number of carbonyl (C=O) groups excluding carboxylic acids is 4. The molecule has 35 heavy (non-hydrogen) atoms. The average Bonchev–Trinajstić information content (AvgIpc) is 3.18. The van der Waals surface area contributed by atoms with Gasteiger partial charge in [-0.3, -0.25) is 38.6 Å². The fourth-order valence-corrected chi connectivity index (χ4v) is 3.99. The number of carbonyl (C=O) groups is 6. The highest BCUT2D eigenvalue weighted by molar-refractivity contribution is 6.22. The fourth-order valence-electron chi connectivity index (χ4n) is 3.99. The van der Waals surface area contributed by atoms with Crippen molar-refractivity contribution >= 4 is 35.6 Å². The zero-order valence-corrected chi connectivity index (χ0v) is 18.4. The number of carboxylic acids is 2. The molecule has 4 rings (SSSR count). The number of benzene rings is 2. The molecule has 0 saturated heterocycles. The minimum absolute atomic E-state index is 0.0151. The molecular weight excluding hydrogens is 460 g/mol. The number of rotatable bonds is 10. The normalized spacial score (nSPS) is 14.4. The molecule has 2 aromatic rings. The summed E-state index contributed by atoms with van der Waals surface area (Å²) < 4.78 is 5.77. The molecule has 0 bridgehead atoms. The Bertz CT molecular complexity index is 1190. The molecule has 0 unspecified atom stereocenters. The van der Waals surface area contributed by atoms with Crippen LogP contribution in [0.5, 0.6) is 11.5 Å². The molecule has 0 aliphatic carbocycles. The smallest absolute Gasteiger partial charge is 0.303 e. The predicted octanol–water partition coefficient (Wildman–Crippen LogP) is 2.40. The van der Waals surface area contributed by atoms with Gasteiger partial charge in [-0.15, -0.1) is 0 Å². The number of fused-ring (bicyclic) bond motifs is 2. The Morgan fingerprint density at radius 1 is 0.629 bits per heavy atom. The minimum Gasteiger partial charge on any atom is -0.481 e. The number of nitrogens with zero attached hydrogens (tertiary/aromatic N) is 2. The van der Waals surface area contributed by atoms with Gasteiger partial charge in [0.05, 0.1) is 22.3 Å². The van der Waals surface area contributed by atoms with E-state index in [1.807, 2.05) is 0 Å². The van der Waals surface area contributed by atoms with Crippen LogP contribution in [-0.2, 0) is 9.59 Å². The SMILES string of the molecule is O=C(O)CCCN1C(=O)c2ccc(Oc3ccc4c(c3)C(=O)N(CCCC(=O)O)C4=O)cc2C1=O. The van der Waals surface area contributed by atoms with Crippen LogP contribution in [0.2, 0.25) is 0 Å². The molecule has 2 heterocycles. The summed E-state index contributed by atoms with van der Waals surface area (Å²) in [6.45, 7) is -0.0302. The van der Waals surface area contributed by atoms with E-state index in [9.17, 15) is 28.8 Å². The number of amides is 4. The van der Waals surface area contributed by atoms with Gasteiger partial charge in [0, 0.05) is 25.9 Å². The van der Waals surface area contributed by atoms with E-state index in [1.165, 1.54) is 36.4 Å². The average molecular weight is 480 g/mol. The van der Waals surface area contributed by atoms with Gasteiger partial charge in [-0.05, 0) is 49.2 Å². The molecule has 2 aliphatic heterocycles. The number of ether oxygens (including phenoxy) is 1. The van der Waals surface area contributed by atoms with E-state index < -0.39 is 35.6 Å². The summed E-state index contributed by atoms with van der Waals surface area (Å²) in [6, 6.07) is 8.64. The Labute approximate surface area is 198 Å². The molecule has 0 atom stereocenters. The van der Waals surface area contributed by atoms with Crippen molar-refractivity contribution in [3.05, 3.63) is 58.7 Å². The molecule has 0 spiro atoms. The lowest BCUT2D eigenvalue weighted by atomic mass is 10.1. The van der Waals surface area contributed by atoms with Gasteiger partial charge in [-0.25, -0.2) is 0 Å². The summed E-state index contributed by atoms with van der Waals surface area (Å²) in [5.41, 5.74) is 0.619. The van der Waals surface area contributed by atoms with Gasteiger partial charge in [-0.2, -0.15) is 0 Å². The maximum atomic E-state index is 12.7. The third-order valence-corrected chi connectivity index (χ3v) is 5.66. The lowest BCUT2D eigenvalue weighted by Gasteiger charge is -2.12. The maximum absolute atomic E-state index is 12.7. The molecule has 0 radical (unpaired) electrons. The van der Waals surface area contributed by atoms with E-state index in [4.69, 9.17) is 14.9 Å². The van der Waals surface area contributed by atoms with Gasteiger partial charge in [0.25, 0.3) is 23.6 Å². The van der Waals surface area contributed by atoms with Crippen molar-refractivity contribution in [3.63, 3.8) is 0 Å². The van der Waals surface area contributed by atoms with Crippen molar-refractivity contribution in [3.8, 4) is 11.5 Å². The van der Waals surface area contributed by atoms with E-state index >= 15 is 0 Å². The molecular formula is C24H20N2O9. The molecule has 4 amide bonds. The number of carboxylic acid groups (broad SMARTS) is 2. The molecule has 0 saturated carbocycles. The molecule has 2 aliphatic rings. The lowest BCUT2D eigenvalue weighted by molar-refractivity contribution is -0.138. The number of aliphatic carboxylic acids is 2. The van der Waals surface area contributed by atoms with E-state index in [1.54, 1.807) is 0 Å². The first-order valence-electron chi connectivity index (χ1n) is 10.8. The van der Waals surface area contributed by atoms with Crippen LogP contribution in [0.25, 0.3) is 0 Å². The summed E-state index contributed by atoms with van der Waals surface area (Å²) in [7, 11) is 0. The first-order chi connectivity index (χ1) is 16.7. The van der Waals surface area contributed by atoms with Gasteiger partial charge >= 0.3 is 11.9 Å². The highest BCUT2D eigenvalue weighted by atomic mass is 16.5. The van der Waals surface area contributed by atoms with Crippen molar-refractivity contribution in [2.24, 2.45) is 0 Å². The van der Waals surface area contributed by atoms with E-state index in [0.29, 0.717) is 0 Å². The predicted molar refractivity (Wildman–Crippen MR) is 117 cm³/mol. The largest absolute Gasteiger partial charge is 0.481 e. The highest BCUT2D eigenvalue weighted by Gasteiger charge is 2.37. The third kappa shape index (κ3) is 4.60. The second kappa shape index (κ2) is 9.37. The van der Waals surface area contributed by atoms with E-state index in [-0.39, 0.29) is 72.5 Å². The van der Waals surface area contributed by atoms with Crippen molar-refractivity contribution in [1.82, 2.24) is 9.80 Å². The molecule has 11 nitrogen and oxygen atoms in total. The molecule has 2 N–H and O–H groups in total. The van der Waals surface area contributed by atoms with E-state index in [0.717, 1.165) is 9.80 Å². The van der Waals surface area contributed by atoms with Crippen LogP contribution < -0.4 is 4.74 Å². The second-order valence-electron chi connectivity index (χ2n) is 8.04. The Hall–Kier alpha value is -4.54. The lowest BCUT2D eigenvalue weighted by Crippen LogP contribution is -2.31. The number of imide groups is 2. The standard InChI is InChI=1S/C24H20N2O9/c27-19(28)3-1-9-25-21(31)15-7-5-13(11-17(15)23(25)33)35-14-6-8-16-18(12-14)24(34)26(22(16)32)10-2-4-20(29)30/h5-8,11-12H,1-4,9-10H2,(H,27,28)(H,29,30). The Balaban J connectivity index is 1.48. The highest BCUT2D eigenvalue weighted by Crippen LogP contribution is 2.32. The summed E-state index contributed by atoms with van der Waals surface area (Å²) in [5, 5.41) is 17.5. The van der Waals surface area contributed by atoms with Crippen LogP contribution in [0.1, 0.15) is 67.1 Å². The van der Waals surface area contributed by atoms with E-state index in [2.05, 4.69) is 0 Å². The van der Waals surface area contributed by atoms with Crippen molar-refractivity contribution in [2.75, 3.05) is 13.1 Å². The van der Waals surface area contributed by atoms with Gasteiger partial charge in [-0.1, -0.05) is 0 Å². The third-order valence-electron chi connectivity index (χ3n) is 5.66. The number of hydrogen-bond donors (Lipinski definition) is 2. The van der Waals surface area contributed by atoms with Crippen LogP contribution in [0.3, 0.4) is 0 Å². The van der Waals surface area contributed by atoms with Crippen LogP contribution in [0, 0.1) is 0 Å². The number of hydrogen-bond acceptors (Lipinski definition) is 7. The quantitative estimate of drug-likeness (QED) is 0.487. The maximum Gasteiger partial charge on any atom is 0.303 e. The first-order valence-corrected chi connectivity index (χ1v) is 10.8. The zero-order valence-electron chi connectivity index (χ0n) is 18.4. The minimum atomic E-state index is -1.02. The molecule has 0 aromatic heterocycles. The fraction of sp³-hybridized carbons (Fsp3) is 0.250. The second-order valence-corrected chi connectivity index (χ2v) is 8.04. The van der Waals surface area contributed by atoms with Gasteiger partial charge in [0.2, 0.25) is 0 Å². The molecule has 180 valence electrons. The van der Waals surface area contributed by atoms with Gasteiger partial charge in [0.1, 0.15) is 11.5 Å². The zero-order chi connectivity index (χ0) is 25.3. The topological polar surface area (TPSA) is 159 Å². The van der Waals surface area contributed by atoms with Crippen LogP contribution in [-0.4, -0.2) is 68.7 Å². The monoisotopic (exact) mass is 480 g/mol. The summed E-state index contributed by atoms with van der Waals surface area (Å²) >= 11 is 0. The van der Waals surface area contributed by atoms with Crippen molar-refractivity contribution < 1.29 is 43.7 Å². The first kappa shape index (κ1) is 23.6. The van der Waals surface area contributed by atoms with Crippen LogP contribution >= 0.6 is 0 Å². The van der Waals surface area contributed by atoms with Crippen molar-refractivity contribution in [1.29, 1.82) is 0 Å². The molecule has 11 heteroatoms. The van der Waals surface area contributed by atoms with Crippen LogP contribution in [0.4, 0.5) is 0 Å². The van der Waals surface area contributed by atoms with Gasteiger partial charge in [0.15, 0.2) is 0 Å². The van der Waals surface area contributed by atoms with Crippen LogP contribution in [0.15, 0.2) is 36.4 Å². The summed E-state index contributed by atoms with van der Waals surface area (Å²) in [4.78, 5) is 73.7. The molecule has 2 aromatic carbocycles. The summed E-state index contributed by atoms with van der Waals surface area (Å²) in [5.74, 6) is -3.69. The Morgan fingerprint density at radius 3 is 1.37 bits per heavy atom. The summed E-state index contributed by atoms with van der Waals surface area (Å²) in [6.07, 6.45) is -0.0602. The molecule has 0 fully saturated rings. The van der Waals surface area contributed by atoms with Crippen molar-refractivity contribution in [2.45, 2.75) is 25.7 Å².